The first kappa shape index (κ1) is 14.1. The van der Waals surface area contributed by atoms with Crippen LogP contribution in [0, 0.1) is 5.92 Å². The lowest BCUT2D eigenvalue weighted by molar-refractivity contribution is 0.176. The molecule has 1 heterocycles. The van der Waals surface area contributed by atoms with Crippen molar-refractivity contribution < 1.29 is 9.47 Å². The Morgan fingerprint density at radius 3 is 2.89 bits per heavy atom. The summed E-state index contributed by atoms with van der Waals surface area (Å²) in [5.41, 5.74) is 0. The maximum Gasteiger partial charge on any atom is 0.218 e. The van der Waals surface area contributed by atoms with Crippen LogP contribution in [0.25, 0.3) is 0 Å². The van der Waals surface area contributed by atoms with Gasteiger partial charge in [0.1, 0.15) is 12.4 Å². The molecule has 0 bridgehead atoms. The summed E-state index contributed by atoms with van der Waals surface area (Å²) in [5.74, 6) is 2.98. The molecule has 1 N–H and O–H groups in total. The van der Waals surface area contributed by atoms with Crippen LogP contribution in [0.2, 0.25) is 0 Å². The molecule has 2 rings (SSSR count). The number of nitrogens with one attached hydrogen (secondary N) is 1. The predicted octanol–water partition coefficient (Wildman–Crippen LogP) is 2.62. The molecule has 1 saturated carbocycles. The minimum absolute atomic E-state index is 0.403. The Kier molecular flexibility index (Phi) is 5.39. The van der Waals surface area contributed by atoms with Gasteiger partial charge < -0.3 is 14.8 Å². The summed E-state index contributed by atoms with van der Waals surface area (Å²) in [6, 6.07) is 1.86. The minimum Gasteiger partial charge on any atom is -0.478 e. The molecule has 0 unspecified atom stereocenters. The van der Waals surface area contributed by atoms with Crippen LogP contribution in [-0.2, 0) is 11.3 Å². The normalized spacial score (nSPS) is 14.4. The third-order valence-corrected chi connectivity index (χ3v) is 3.05. The second-order valence-electron chi connectivity index (χ2n) is 4.95. The molecule has 0 radical (unpaired) electrons. The summed E-state index contributed by atoms with van der Waals surface area (Å²) in [7, 11) is 1.64. The Morgan fingerprint density at radius 1 is 1.37 bits per heavy atom. The van der Waals surface area contributed by atoms with Gasteiger partial charge in [0, 0.05) is 19.7 Å². The van der Waals surface area contributed by atoms with Crippen molar-refractivity contribution in [3.05, 3.63) is 11.9 Å². The van der Waals surface area contributed by atoms with E-state index in [1.807, 2.05) is 6.07 Å². The van der Waals surface area contributed by atoms with Crippen LogP contribution in [0.15, 0.2) is 6.07 Å². The first-order valence-corrected chi connectivity index (χ1v) is 7.05. The smallest absolute Gasteiger partial charge is 0.218 e. The highest BCUT2D eigenvalue weighted by Gasteiger charge is 2.20. The number of nitrogens with zero attached hydrogens (tertiary/aromatic N) is 2. The highest BCUT2D eigenvalue weighted by Crippen LogP contribution is 2.32. The van der Waals surface area contributed by atoms with Crippen LogP contribution in [-0.4, -0.2) is 30.2 Å². The Balaban J connectivity index is 1.94. The first-order valence-electron chi connectivity index (χ1n) is 7.05. The number of methoxy groups -OCH3 is 1. The first-order chi connectivity index (χ1) is 9.31. The second-order valence-corrected chi connectivity index (χ2v) is 4.95. The molecular formula is C14H23N3O2. The molecule has 106 valence electrons. The largest absolute Gasteiger partial charge is 0.478 e. The number of anilines is 1. The number of hydrogen-bond acceptors (Lipinski definition) is 5. The summed E-state index contributed by atoms with van der Waals surface area (Å²) in [6.45, 7) is 4.16. The van der Waals surface area contributed by atoms with E-state index < -0.39 is 0 Å². The van der Waals surface area contributed by atoms with E-state index in [-0.39, 0.29) is 0 Å². The molecule has 1 fully saturated rings. The van der Waals surface area contributed by atoms with Gasteiger partial charge in [-0.1, -0.05) is 19.8 Å². The van der Waals surface area contributed by atoms with Crippen molar-refractivity contribution in [3.63, 3.8) is 0 Å². The van der Waals surface area contributed by atoms with E-state index in [0.29, 0.717) is 18.3 Å². The molecular weight excluding hydrogens is 242 g/mol. The zero-order valence-corrected chi connectivity index (χ0v) is 11.8. The van der Waals surface area contributed by atoms with Crippen molar-refractivity contribution in [3.8, 4) is 5.88 Å². The van der Waals surface area contributed by atoms with Crippen molar-refractivity contribution in [1.29, 1.82) is 0 Å². The van der Waals surface area contributed by atoms with E-state index in [4.69, 9.17) is 9.47 Å². The number of aromatic nitrogens is 2. The fraction of sp³-hybridized carbons (Fsp3) is 0.714. The number of hydrogen-bond donors (Lipinski definition) is 1. The second kappa shape index (κ2) is 7.28. The van der Waals surface area contributed by atoms with E-state index in [1.165, 1.54) is 12.8 Å². The van der Waals surface area contributed by atoms with Gasteiger partial charge in [-0.15, -0.1) is 0 Å². The average Bonchev–Trinajstić information content (AvgIpc) is 3.21. The molecule has 0 atom stereocenters. The predicted molar refractivity (Wildman–Crippen MR) is 74.4 cm³/mol. The molecule has 5 nitrogen and oxygen atoms in total. The lowest BCUT2D eigenvalue weighted by Gasteiger charge is -2.10. The quantitative estimate of drug-likeness (QED) is 0.744. The monoisotopic (exact) mass is 265 g/mol. The third-order valence-electron chi connectivity index (χ3n) is 3.05. The van der Waals surface area contributed by atoms with Crippen LogP contribution in [0.3, 0.4) is 0 Å². The van der Waals surface area contributed by atoms with E-state index >= 15 is 0 Å². The molecule has 0 aromatic carbocycles. The topological polar surface area (TPSA) is 56.3 Å². The van der Waals surface area contributed by atoms with Gasteiger partial charge in [-0.25, -0.2) is 4.98 Å². The van der Waals surface area contributed by atoms with Crippen LogP contribution in [0.5, 0.6) is 5.88 Å². The molecule has 19 heavy (non-hydrogen) atoms. The van der Waals surface area contributed by atoms with Crippen LogP contribution >= 0.6 is 0 Å². The molecule has 1 aliphatic rings. The maximum atomic E-state index is 5.72. The summed E-state index contributed by atoms with van der Waals surface area (Å²) in [5, 5.41) is 3.26. The van der Waals surface area contributed by atoms with Crippen molar-refractivity contribution in [2.75, 3.05) is 25.6 Å². The molecule has 0 aliphatic heterocycles. The third kappa shape index (κ3) is 5.03. The standard InChI is InChI=1S/C14H23N3O2/c1-3-7-15-12-9-14(17-13(16-12)10-18-2)19-8-6-11-4-5-11/h9,11H,3-8,10H2,1-2H3,(H,15,16,17). The Hall–Kier alpha value is -1.36. The molecule has 0 amide bonds. The van der Waals surface area contributed by atoms with E-state index in [9.17, 15) is 0 Å². The average molecular weight is 265 g/mol. The zero-order valence-electron chi connectivity index (χ0n) is 11.8. The van der Waals surface area contributed by atoms with E-state index in [0.717, 1.165) is 37.7 Å². The van der Waals surface area contributed by atoms with Gasteiger partial charge in [0.15, 0.2) is 5.82 Å². The van der Waals surface area contributed by atoms with Crippen LogP contribution in [0.4, 0.5) is 5.82 Å². The van der Waals surface area contributed by atoms with Crippen LogP contribution in [0.1, 0.15) is 38.4 Å². The zero-order chi connectivity index (χ0) is 13.5. The highest BCUT2D eigenvalue weighted by atomic mass is 16.5. The van der Waals surface area contributed by atoms with Gasteiger partial charge in [0.25, 0.3) is 0 Å². The Bertz CT molecular complexity index is 394. The summed E-state index contributed by atoms with van der Waals surface area (Å²) >= 11 is 0. The molecule has 0 saturated heterocycles. The molecule has 1 aromatic rings. The lowest BCUT2D eigenvalue weighted by Crippen LogP contribution is -2.08. The highest BCUT2D eigenvalue weighted by molar-refractivity contribution is 5.38. The van der Waals surface area contributed by atoms with Crippen molar-refractivity contribution in [1.82, 2.24) is 9.97 Å². The van der Waals surface area contributed by atoms with E-state index in [1.54, 1.807) is 7.11 Å². The Morgan fingerprint density at radius 2 is 2.21 bits per heavy atom. The molecule has 1 aromatic heterocycles. The lowest BCUT2D eigenvalue weighted by atomic mass is 10.3. The van der Waals surface area contributed by atoms with Crippen molar-refractivity contribution >= 4 is 5.82 Å². The van der Waals surface area contributed by atoms with Crippen molar-refractivity contribution in [2.45, 2.75) is 39.2 Å². The Labute approximate surface area is 114 Å². The number of rotatable bonds is 9. The van der Waals surface area contributed by atoms with Gasteiger partial charge >= 0.3 is 0 Å². The van der Waals surface area contributed by atoms with Crippen LogP contribution < -0.4 is 10.1 Å². The van der Waals surface area contributed by atoms with Gasteiger partial charge in [0.2, 0.25) is 5.88 Å². The fourth-order valence-electron chi connectivity index (χ4n) is 1.82. The maximum absolute atomic E-state index is 5.72. The van der Waals surface area contributed by atoms with Crippen molar-refractivity contribution in [2.24, 2.45) is 5.92 Å². The van der Waals surface area contributed by atoms with Gasteiger partial charge in [-0.2, -0.15) is 4.98 Å². The molecule has 5 heteroatoms. The van der Waals surface area contributed by atoms with E-state index in [2.05, 4.69) is 22.2 Å². The van der Waals surface area contributed by atoms with Gasteiger partial charge in [-0.3, -0.25) is 0 Å². The molecule has 1 aliphatic carbocycles. The number of ether oxygens (including phenoxy) is 2. The molecule has 0 spiro atoms. The van der Waals surface area contributed by atoms with Gasteiger partial charge in [0.05, 0.1) is 6.61 Å². The summed E-state index contributed by atoms with van der Waals surface area (Å²) in [6.07, 6.45) is 4.89. The van der Waals surface area contributed by atoms with Gasteiger partial charge in [-0.05, 0) is 18.8 Å². The fourth-order valence-corrected chi connectivity index (χ4v) is 1.82. The summed E-state index contributed by atoms with van der Waals surface area (Å²) < 4.78 is 10.8. The minimum atomic E-state index is 0.403. The summed E-state index contributed by atoms with van der Waals surface area (Å²) in [4.78, 5) is 8.74. The SMILES string of the molecule is CCCNc1cc(OCCC2CC2)nc(COC)n1.